The van der Waals surface area contributed by atoms with Crippen molar-refractivity contribution >= 4 is 45.9 Å². The molecule has 0 spiro atoms. The molecule has 176 valence electrons. The fourth-order valence-electron chi connectivity index (χ4n) is 4.59. The van der Waals surface area contributed by atoms with E-state index < -0.39 is 0 Å². The zero-order valence-corrected chi connectivity index (χ0v) is 20.7. The maximum absolute atomic E-state index is 14.4. The minimum Gasteiger partial charge on any atom is -0.342 e. The van der Waals surface area contributed by atoms with E-state index in [9.17, 15) is 9.18 Å². The molecule has 1 aliphatic rings. The molecule has 2 heterocycles. The summed E-state index contributed by atoms with van der Waals surface area (Å²) in [5.74, 6) is -0.426. The number of nitrogens with one attached hydrogen (secondary N) is 1. The highest BCUT2D eigenvalue weighted by Gasteiger charge is 2.32. The monoisotopic (exact) mass is 483 g/mol. The molecule has 0 aliphatic carbocycles. The molecule has 0 radical (unpaired) electrons. The number of aromatic nitrogens is 1. The molecule has 5 rings (SSSR count). The molecule has 0 unspecified atom stereocenters. The number of carbonyl (C=O) groups excluding carboxylic acids is 1. The number of hydrogen-bond donors (Lipinski definition) is 1. The summed E-state index contributed by atoms with van der Waals surface area (Å²) < 4.78 is 16.5. The highest BCUT2D eigenvalue weighted by molar-refractivity contribution is 7.80. The van der Waals surface area contributed by atoms with Crippen molar-refractivity contribution < 1.29 is 9.18 Å². The van der Waals surface area contributed by atoms with Gasteiger partial charge in [0, 0.05) is 22.7 Å². The third kappa shape index (κ3) is 4.15. The number of amides is 1. The number of fused-ring (bicyclic) bond motifs is 1. The van der Waals surface area contributed by atoms with Crippen molar-refractivity contribution in [1.29, 1.82) is 0 Å². The summed E-state index contributed by atoms with van der Waals surface area (Å²) in [5.41, 5.74) is 7.13. The lowest BCUT2D eigenvalue weighted by molar-refractivity contribution is -0.113. The van der Waals surface area contributed by atoms with Crippen LogP contribution in [0.1, 0.15) is 34.7 Å². The second-order valence-electron chi connectivity index (χ2n) is 8.87. The predicted octanol–water partition coefficient (Wildman–Crippen LogP) is 6.27. The van der Waals surface area contributed by atoms with Crippen LogP contribution in [0.25, 0.3) is 17.0 Å². The first-order chi connectivity index (χ1) is 16.9. The van der Waals surface area contributed by atoms with E-state index in [2.05, 4.69) is 22.9 Å². The summed E-state index contributed by atoms with van der Waals surface area (Å²) in [4.78, 5) is 14.9. The highest BCUT2D eigenvalue weighted by atomic mass is 32.1. The number of anilines is 1. The van der Waals surface area contributed by atoms with Crippen LogP contribution in [-0.2, 0) is 17.8 Å². The van der Waals surface area contributed by atoms with Gasteiger partial charge in [-0.05, 0) is 73.5 Å². The summed E-state index contributed by atoms with van der Waals surface area (Å²) in [6.45, 7) is 6.56. The van der Waals surface area contributed by atoms with Gasteiger partial charge in [-0.1, -0.05) is 49.4 Å². The maximum Gasteiger partial charge on any atom is 0.281 e. The smallest absolute Gasteiger partial charge is 0.281 e. The van der Waals surface area contributed by atoms with E-state index in [1.807, 2.05) is 62.5 Å². The van der Waals surface area contributed by atoms with E-state index in [0.29, 0.717) is 22.9 Å². The van der Waals surface area contributed by atoms with Crippen LogP contribution >= 0.6 is 12.2 Å². The van der Waals surface area contributed by atoms with Crippen molar-refractivity contribution in [2.45, 2.75) is 33.7 Å². The van der Waals surface area contributed by atoms with Gasteiger partial charge in [0.15, 0.2) is 5.11 Å². The minimum absolute atomic E-state index is 0.195. The number of aryl methyl sites for hydroxylation is 3. The van der Waals surface area contributed by atoms with Gasteiger partial charge in [-0.3, -0.25) is 9.69 Å². The number of rotatable bonds is 5. The normalized spacial score (nSPS) is 14.9. The zero-order chi connectivity index (χ0) is 24.7. The summed E-state index contributed by atoms with van der Waals surface area (Å²) >= 11 is 5.52. The lowest BCUT2D eigenvalue weighted by Crippen LogP contribution is -2.30. The van der Waals surface area contributed by atoms with E-state index in [-0.39, 0.29) is 11.7 Å². The minimum atomic E-state index is -0.231. The van der Waals surface area contributed by atoms with Crippen molar-refractivity contribution in [2.24, 2.45) is 0 Å². The Bertz CT molecular complexity index is 1520. The molecule has 1 aromatic heterocycles. The highest BCUT2D eigenvalue weighted by Crippen LogP contribution is 2.30. The molecule has 1 aliphatic heterocycles. The number of halogens is 1. The Kier molecular flexibility index (Phi) is 5.99. The Morgan fingerprint density at radius 1 is 1.00 bits per heavy atom. The van der Waals surface area contributed by atoms with Crippen LogP contribution in [0, 0.1) is 19.7 Å². The van der Waals surface area contributed by atoms with Crippen LogP contribution in [0.3, 0.4) is 0 Å². The van der Waals surface area contributed by atoms with E-state index in [1.165, 1.54) is 16.5 Å². The van der Waals surface area contributed by atoms with Gasteiger partial charge in [-0.2, -0.15) is 0 Å². The Hall–Kier alpha value is -3.77. The standard InChI is InChI=1S/C29H26FN3OS/c1-4-20-9-7-10-24-22(17-32(27(20)24)16-21-8-5-6-11-25(21)30)15-26-28(34)33(29(35)31-26)23-13-12-18(2)19(3)14-23/h5-15,17H,4,16H2,1-3H3,(H,31,35)/b26-15-. The first-order valence-electron chi connectivity index (χ1n) is 11.7. The number of carbonyl (C=O) groups is 1. The molecule has 1 amide bonds. The molecule has 0 saturated carbocycles. The molecular formula is C29H26FN3OS. The van der Waals surface area contributed by atoms with Crippen molar-refractivity contribution in [3.8, 4) is 0 Å². The van der Waals surface area contributed by atoms with Crippen molar-refractivity contribution in [3.63, 3.8) is 0 Å². The van der Waals surface area contributed by atoms with Crippen molar-refractivity contribution in [3.05, 3.63) is 106 Å². The fraction of sp³-hybridized carbons (Fsp3) is 0.172. The van der Waals surface area contributed by atoms with Crippen LogP contribution in [0.15, 0.2) is 72.6 Å². The van der Waals surface area contributed by atoms with Gasteiger partial charge in [-0.15, -0.1) is 0 Å². The fourth-order valence-corrected chi connectivity index (χ4v) is 4.89. The first kappa shape index (κ1) is 23.0. The average molecular weight is 484 g/mol. The second kappa shape index (κ2) is 9.12. The van der Waals surface area contributed by atoms with Crippen LogP contribution in [-0.4, -0.2) is 15.6 Å². The third-order valence-corrected chi connectivity index (χ3v) is 6.90. The van der Waals surface area contributed by atoms with Crippen molar-refractivity contribution in [2.75, 3.05) is 4.90 Å². The largest absolute Gasteiger partial charge is 0.342 e. The molecule has 3 aromatic carbocycles. The van der Waals surface area contributed by atoms with Gasteiger partial charge < -0.3 is 9.88 Å². The van der Waals surface area contributed by atoms with Gasteiger partial charge in [0.05, 0.1) is 17.7 Å². The summed E-state index contributed by atoms with van der Waals surface area (Å²) in [5, 5.41) is 4.46. The number of thiocarbonyl (C=S) groups is 1. The first-order valence-corrected chi connectivity index (χ1v) is 12.1. The van der Waals surface area contributed by atoms with Crippen LogP contribution in [0.5, 0.6) is 0 Å². The third-order valence-electron chi connectivity index (χ3n) is 6.62. The van der Waals surface area contributed by atoms with Crippen molar-refractivity contribution in [1.82, 2.24) is 9.88 Å². The zero-order valence-electron chi connectivity index (χ0n) is 19.9. The Morgan fingerprint density at radius 3 is 2.51 bits per heavy atom. The number of hydrogen-bond acceptors (Lipinski definition) is 2. The molecule has 1 N–H and O–H groups in total. The molecule has 4 nitrogen and oxygen atoms in total. The van der Waals surface area contributed by atoms with E-state index in [1.54, 1.807) is 12.1 Å². The van der Waals surface area contributed by atoms with Gasteiger partial charge in [0.25, 0.3) is 5.91 Å². The Balaban J connectivity index is 1.58. The van der Waals surface area contributed by atoms with Crippen LogP contribution < -0.4 is 10.2 Å². The Labute approximate surface area is 209 Å². The lowest BCUT2D eigenvalue weighted by Gasteiger charge is -2.15. The molecule has 1 fully saturated rings. The molecule has 1 saturated heterocycles. The van der Waals surface area contributed by atoms with Crippen LogP contribution in [0.2, 0.25) is 0 Å². The molecule has 35 heavy (non-hydrogen) atoms. The van der Waals surface area contributed by atoms with E-state index in [4.69, 9.17) is 12.2 Å². The summed E-state index contributed by atoms with van der Waals surface area (Å²) in [7, 11) is 0. The number of benzene rings is 3. The number of nitrogens with zero attached hydrogens (tertiary/aromatic N) is 2. The molecule has 0 atom stereocenters. The van der Waals surface area contributed by atoms with Gasteiger partial charge in [-0.25, -0.2) is 4.39 Å². The topological polar surface area (TPSA) is 37.3 Å². The van der Waals surface area contributed by atoms with E-state index >= 15 is 0 Å². The van der Waals surface area contributed by atoms with Crippen LogP contribution in [0.4, 0.5) is 10.1 Å². The summed E-state index contributed by atoms with van der Waals surface area (Å²) in [6, 6.07) is 18.8. The lowest BCUT2D eigenvalue weighted by atomic mass is 10.1. The molecule has 0 bridgehead atoms. The van der Waals surface area contributed by atoms with Gasteiger partial charge in [0.2, 0.25) is 0 Å². The van der Waals surface area contributed by atoms with E-state index in [0.717, 1.165) is 39.7 Å². The quantitative estimate of drug-likeness (QED) is 0.269. The maximum atomic E-state index is 14.4. The molecular weight excluding hydrogens is 457 g/mol. The van der Waals surface area contributed by atoms with Gasteiger partial charge in [0.1, 0.15) is 11.5 Å². The molecule has 4 aromatic rings. The predicted molar refractivity (Wildman–Crippen MR) is 144 cm³/mol. The molecule has 6 heteroatoms. The Morgan fingerprint density at radius 2 is 1.77 bits per heavy atom. The summed E-state index contributed by atoms with van der Waals surface area (Å²) in [6.07, 6.45) is 4.67. The van der Waals surface area contributed by atoms with Gasteiger partial charge >= 0.3 is 0 Å². The second-order valence-corrected chi connectivity index (χ2v) is 9.25. The average Bonchev–Trinajstić information content (AvgIpc) is 3.33. The SMILES string of the molecule is CCc1cccc2c(/C=C3\NC(=S)N(c4ccc(C)c(C)c4)C3=O)cn(Cc3ccccc3F)c12. The number of para-hydroxylation sites is 1.